The number of nitrogens with zero attached hydrogens (tertiary/aromatic N) is 4. The molecule has 0 fully saturated rings. The zero-order valence-corrected chi connectivity index (χ0v) is 14.1. The molecule has 0 aliphatic heterocycles. The second kappa shape index (κ2) is 6.73. The maximum absolute atomic E-state index is 4.33. The van der Waals surface area contributed by atoms with Crippen molar-refractivity contribution in [2.24, 2.45) is 14.1 Å². The van der Waals surface area contributed by atoms with E-state index < -0.39 is 0 Å². The molecule has 112 valence electrons. The van der Waals surface area contributed by atoms with E-state index in [1.165, 1.54) is 17.1 Å². The summed E-state index contributed by atoms with van der Waals surface area (Å²) in [4.78, 5) is 0. The number of hydrogen-bond donors (Lipinski definition) is 0. The third-order valence-corrected chi connectivity index (χ3v) is 3.35. The van der Waals surface area contributed by atoms with Gasteiger partial charge in [-0.3, -0.25) is 9.36 Å². The molecule has 0 aromatic carbocycles. The third-order valence-electron chi connectivity index (χ3n) is 3.35. The van der Waals surface area contributed by atoms with Gasteiger partial charge in [0.15, 0.2) is 0 Å². The van der Waals surface area contributed by atoms with Gasteiger partial charge < -0.3 is 0 Å². The SMILES string of the molecule is Cc1cc(C(C)C)n(C)n1.Cc1cc(C(C)C)nn1C. The van der Waals surface area contributed by atoms with Crippen molar-refractivity contribution in [3.63, 3.8) is 0 Å². The predicted octanol–water partition coefficient (Wildman–Crippen LogP) is 3.70. The molecule has 2 aromatic heterocycles. The highest BCUT2D eigenvalue weighted by atomic mass is 15.3. The van der Waals surface area contributed by atoms with E-state index >= 15 is 0 Å². The van der Waals surface area contributed by atoms with Crippen LogP contribution < -0.4 is 0 Å². The summed E-state index contributed by atoms with van der Waals surface area (Å²) in [6.07, 6.45) is 0. The molecule has 0 saturated carbocycles. The minimum Gasteiger partial charge on any atom is -0.273 e. The number of aromatic nitrogens is 4. The molecule has 2 rings (SSSR count). The van der Waals surface area contributed by atoms with Crippen LogP contribution in [0.5, 0.6) is 0 Å². The fourth-order valence-electron chi connectivity index (χ4n) is 2.04. The van der Waals surface area contributed by atoms with Crippen LogP contribution >= 0.6 is 0 Å². The van der Waals surface area contributed by atoms with Crippen molar-refractivity contribution in [3.05, 3.63) is 34.9 Å². The van der Waals surface area contributed by atoms with E-state index in [4.69, 9.17) is 0 Å². The lowest BCUT2D eigenvalue weighted by Crippen LogP contribution is -1.99. The first kappa shape index (κ1) is 16.5. The van der Waals surface area contributed by atoms with Crippen molar-refractivity contribution in [2.75, 3.05) is 0 Å². The molecule has 0 spiro atoms. The van der Waals surface area contributed by atoms with E-state index in [0.717, 1.165) is 5.69 Å². The largest absolute Gasteiger partial charge is 0.273 e. The van der Waals surface area contributed by atoms with Crippen molar-refractivity contribution in [1.29, 1.82) is 0 Å². The van der Waals surface area contributed by atoms with Gasteiger partial charge in [-0.2, -0.15) is 10.2 Å². The van der Waals surface area contributed by atoms with Crippen molar-refractivity contribution in [1.82, 2.24) is 19.6 Å². The molecular formula is C16H28N4. The molecular weight excluding hydrogens is 248 g/mol. The molecule has 0 radical (unpaired) electrons. The molecule has 0 amide bonds. The molecule has 0 unspecified atom stereocenters. The second-order valence-corrected chi connectivity index (χ2v) is 5.98. The highest BCUT2D eigenvalue weighted by Crippen LogP contribution is 2.13. The monoisotopic (exact) mass is 276 g/mol. The number of aryl methyl sites for hydroxylation is 4. The summed E-state index contributed by atoms with van der Waals surface area (Å²) in [6.45, 7) is 12.8. The second-order valence-electron chi connectivity index (χ2n) is 5.98. The van der Waals surface area contributed by atoms with E-state index in [9.17, 15) is 0 Å². The Bertz CT molecular complexity index is 527. The average molecular weight is 276 g/mol. The maximum Gasteiger partial charge on any atom is 0.0652 e. The Morgan fingerprint density at radius 3 is 1.65 bits per heavy atom. The Morgan fingerprint density at radius 1 is 0.850 bits per heavy atom. The number of hydrogen-bond acceptors (Lipinski definition) is 2. The topological polar surface area (TPSA) is 35.6 Å². The van der Waals surface area contributed by atoms with Crippen LogP contribution in [-0.4, -0.2) is 19.6 Å². The van der Waals surface area contributed by atoms with Crippen LogP contribution in [-0.2, 0) is 14.1 Å². The lowest BCUT2D eigenvalue weighted by molar-refractivity contribution is 0.665. The van der Waals surface area contributed by atoms with Gasteiger partial charge in [-0.1, -0.05) is 27.7 Å². The van der Waals surface area contributed by atoms with Gasteiger partial charge in [0, 0.05) is 25.5 Å². The number of rotatable bonds is 2. The minimum absolute atomic E-state index is 0.542. The molecule has 2 heterocycles. The predicted molar refractivity (Wildman–Crippen MR) is 84.1 cm³/mol. The summed E-state index contributed by atoms with van der Waals surface area (Å²) < 4.78 is 3.86. The van der Waals surface area contributed by atoms with Gasteiger partial charge in [0.1, 0.15) is 0 Å². The van der Waals surface area contributed by atoms with Crippen LogP contribution in [0.4, 0.5) is 0 Å². The fraction of sp³-hybridized carbons (Fsp3) is 0.625. The standard InChI is InChI=1S/2C8H14N2/c1-6(2)8-5-7(3)10(4)9-8;1-6(2)8-5-7(3)9-10(8)4/h2*5-6H,1-4H3. The van der Waals surface area contributed by atoms with Gasteiger partial charge in [-0.25, -0.2) is 0 Å². The van der Waals surface area contributed by atoms with E-state index in [1.807, 2.05) is 30.4 Å². The smallest absolute Gasteiger partial charge is 0.0652 e. The summed E-state index contributed by atoms with van der Waals surface area (Å²) in [7, 11) is 3.96. The summed E-state index contributed by atoms with van der Waals surface area (Å²) in [5, 5.41) is 8.58. The molecule has 0 N–H and O–H groups in total. The van der Waals surface area contributed by atoms with Crippen LogP contribution in [0.25, 0.3) is 0 Å². The molecule has 2 aromatic rings. The summed E-state index contributed by atoms with van der Waals surface area (Å²) in [5.41, 5.74) is 4.81. The first-order valence-electron chi connectivity index (χ1n) is 7.23. The molecule has 4 nitrogen and oxygen atoms in total. The molecule has 0 bridgehead atoms. The summed E-state index contributed by atoms with van der Waals surface area (Å²) in [5.74, 6) is 1.12. The zero-order valence-electron chi connectivity index (χ0n) is 14.1. The van der Waals surface area contributed by atoms with Crippen molar-refractivity contribution in [3.8, 4) is 0 Å². The Labute approximate surface area is 122 Å². The summed E-state index contributed by atoms with van der Waals surface area (Å²) in [6, 6.07) is 4.26. The van der Waals surface area contributed by atoms with Crippen molar-refractivity contribution in [2.45, 2.75) is 53.4 Å². The molecule has 0 aliphatic rings. The lowest BCUT2D eigenvalue weighted by atomic mass is 10.1. The normalized spacial score (nSPS) is 10.9. The highest BCUT2D eigenvalue weighted by Gasteiger charge is 2.04. The van der Waals surface area contributed by atoms with Gasteiger partial charge in [0.05, 0.1) is 11.4 Å². The van der Waals surface area contributed by atoms with E-state index in [0.29, 0.717) is 11.8 Å². The van der Waals surface area contributed by atoms with Crippen LogP contribution in [0.3, 0.4) is 0 Å². The molecule has 4 heteroatoms. The molecule has 0 aliphatic carbocycles. The first-order chi connectivity index (χ1) is 9.22. The van der Waals surface area contributed by atoms with Gasteiger partial charge >= 0.3 is 0 Å². The van der Waals surface area contributed by atoms with Gasteiger partial charge in [0.25, 0.3) is 0 Å². The molecule has 0 saturated heterocycles. The van der Waals surface area contributed by atoms with Gasteiger partial charge in [-0.15, -0.1) is 0 Å². The van der Waals surface area contributed by atoms with E-state index in [2.05, 4.69) is 56.9 Å². The minimum atomic E-state index is 0.542. The van der Waals surface area contributed by atoms with Gasteiger partial charge in [-0.05, 0) is 37.8 Å². The highest BCUT2D eigenvalue weighted by molar-refractivity contribution is 5.12. The van der Waals surface area contributed by atoms with Crippen LogP contribution in [0.15, 0.2) is 12.1 Å². The third kappa shape index (κ3) is 4.22. The van der Waals surface area contributed by atoms with E-state index in [-0.39, 0.29) is 0 Å². The van der Waals surface area contributed by atoms with Crippen molar-refractivity contribution >= 4 is 0 Å². The molecule has 20 heavy (non-hydrogen) atoms. The zero-order chi connectivity index (χ0) is 15.4. The molecule has 0 atom stereocenters. The van der Waals surface area contributed by atoms with Crippen LogP contribution in [0.2, 0.25) is 0 Å². The van der Waals surface area contributed by atoms with Crippen LogP contribution in [0, 0.1) is 13.8 Å². The Balaban J connectivity index is 0.000000200. The Morgan fingerprint density at radius 2 is 1.45 bits per heavy atom. The Kier molecular flexibility index (Phi) is 5.54. The van der Waals surface area contributed by atoms with Crippen LogP contribution in [0.1, 0.15) is 62.3 Å². The maximum atomic E-state index is 4.33. The van der Waals surface area contributed by atoms with Crippen molar-refractivity contribution < 1.29 is 0 Å². The Hall–Kier alpha value is -1.58. The average Bonchev–Trinajstić information content (AvgIpc) is 2.84. The first-order valence-corrected chi connectivity index (χ1v) is 7.23. The lowest BCUT2D eigenvalue weighted by Gasteiger charge is -2.02. The fourth-order valence-corrected chi connectivity index (χ4v) is 2.04. The van der Waals surface area contributed by atoms with Gasteiger partial charge in [0.2, 0.25) is 0 Å². The quantitative estimate of drug-likeness (QED) is 0.838. The van der Waals surface area contributed by atoms with E-state index in [1.54, 1.807) is 0 Å². The summed E-state index contributed by atoms with van der Waals surface area (Å²) >= 11 is 0.